The molecule has 0 aromatic heterocycles. The van der Waals surface area contributed by atoms with Crippen LogP contribution in [0.5, 0.6) is 0 Å². The van der Waals surface area contributed by atoms with E-state index in [1.807, 2.05) is 0 Å². The number of aryl methyl sites for hydroxylation is 1. The first kappa shape index (κ1) is 16.9. The maximum absolute atomic E-state index is 13.3. The van der Waals surface area contributed by atoms with Gasteiger partial charge in [0.15, 0.2) is 0 Å². The minimum Gasteiger partial charge on any atom is -0.381 e. The Labute approximate surface area is 124 Å². The maximum Gasteiger partial charge on any atom is 0.232 e. The highest BCUT2D eigenvalue weighted by Gasteiger charge is 2.38. The lowest BCUT2D eigenvalue weighted by Crippen LogP contribution is -2.46. The van der Waals surface area contributed by atoms with E-state index in [1.165, 1.54) is 12.1 Å². The quantitative estimate of drug-likeness (QED) is 0.900. The van der Waals surface area contributed by atoms with Crippen molar-refractivity contribution < 1.29 is 13.9 Å². The second kappa shape index (κ2) is 7.02. The van der Waals surface area contributed by atoms with Crippen LogP contribution in [0, 0.1) is 18.2 Å². The molecule has 0 atom stereocenters. The van der Waals surface area contributed by atoms with Crippen LogP contribution < -0.4 is 11.1 Å². The number of carbonyl (C=O) groups is 1. The third-order valence-corrected chi connectivity index (χ3v) is 3.62. The number of hydrogen-bond acceptors (Lipinski definition) is 3. The Morgan fingerprint density at radius 2 is 2.05 bits per heavy atom. The molecule has 112 valence electrons. The second-order valence-corrected chi connectivity index (χ2v) is 5.07. The molecule has 1 aromatic carbocycles. The van der Waals surface area contributed by atoms with Crippen molar-refractivity contribution in [1.82, 2.24) is 0 Å². The summed E-state index contributed by atoms with van der Waals surface area (Å²) in [5, 5.41) is 2.77. The summed E-state index contributed by atoms with van der Waals surface area (Å²) in [7, 11) is 0. The molecule has 1 aromatic rings. The summed E-state index contributed by atoms with van der Waals surface area (Å²) in [6, 6.07) is 4.47. The molecule has 1 aliphatic heterocycles. The van der Waals surface area contributed by atoms with Crippen molar-refractivity contribution >= 4 is 24.0 Å². The van der Waals surface area contributed by atoms with E-state index < -0.39 is 5.41 Å². The smallest absolute Gasteiger partial charge is 0.232 e. The van der Waals surface area contributed by atoms with Crippen molar-refractivity contribution in [1.29, 1.82) is 0 Å². The summed E-state index contributed by atoms with van der Waals surface area (Å²) < 4.78 is 18.6. The number of rotatable bonds is 3. The molecule has 1 heterocycles. The van der Waals surface area contributed by atoms with Crippen molar-refractivity contribution in [3.05, 3.63) is 29.6 Å². The molecule has 0 bridgehead atoms. The van der Waals surface area contributed by atoms with E-state index in [0.717, 1.165) is 5.56 Å². The van der Waals surface area contributed by atoms with Crippen molar-refractivity contribution in [3.63, 3.8) is 0 Å². The van der Waals surface area contributed by atoms with E-state index in [4.69, 9.17) is 10.5 Å². The fourth-order valence-electron chi connectivity index (χ4n) is 2.36. The summed E-state index contributed by atoms with van der Waals surface area (Å²) in [5.74, 6) is -0.507. The predicted molar refractivity (Wildman–Crippen MR) is 78.6 cm³/mol. The Bertz CT molecular complexity index is 456. The normalized spacial score (nSPS) is 17.1. The van der Waals surface area contributed by atoms with Gasteiger partial charge in [-0.15, -0.1) is 12.4 Å². The molecule has 0 unspecified atom stereocenters. The summed E-state index contributed by atoms with van der Waals surface area (Å²) in [6.45, 7) is 3.13. The Hall–Kier alpha value is -1.17. The van der Waals surface area contributed by atoms with Gasteiger partial charge in [0, 0.05) is 25.4 Å². The van der Waals surface area contributed by atoms with Crippen LogP contribution >= 0.6 is 12.4 Å². The Morgan fingerprint density at radius 1 is 1.40 bits per heavy atom. The fraction of sp³-hybridized carbons (Fsp3) is 0.500. The number of amides is 1. The highest BCUT2D eigenvalue weighted by molar-refractivity contribution is 5.95. The first-order valence-corrected chi connectivity index (χ1v) is 6.42. The van der Waals surface area contributed by atoms with Gasteiger partial charge in [0.1, 0.15) is 5.82 Å². The van der Waals surface area contributed by atoms with E-state index in [9.17, 15) is 9.18 Å². The zero-order valence-electron chi connectivity index (χ0n) is 11.4. The lowest BCUT2D eigenvalue weighted by atomic mass is 9.79. The minimum absolute atomic E-state index is 0. The molecule has 4 nitrogen and oxygen atoms in total. The molecular weight excluding hydrogens is 283 g/mol. The Morgan fingerprint density at radius 3 is 2.60 bits per heavy atom. The molecule has 20 heavy (non-hydrogen) atoms. The van der Waals surface area contributed by atoms with Gasteiger partial charge in [-0.3, -0.25) is 4.79 Å². The van der Waals surface area contributed by atoms with Crippen molar-refractivity contribution in [3.8, 4) is 0 Å². The fourth-order valence-corrected chi connectivity index (χ4v) is 2.36. The predicted octanol–water partition coefficient (Wildman–Crippen LogP) is 2.25. The van der Waals surface area contributed by atoms with Gasteiger partial charge in [-0.05, 0) is 43.5 Å². The first-order valence-electron chi connectivity index (χ1n) is 6.42. The van der Waals surface area contributed by atoms with E-state index in [2.05, 4.69) is 5.32 Å². The molecule has 1 fully saturated rings. The average Bonchev–Trinajstić information content (AvgIpc) is 2.38. The first-order chi connectivity index (χ1) is 9.05. The van der Waals surface area contributed by atoms with Crippen LogP contribution in [-0.4, -0.2) is 25.7 Å². The zero-order valence-corrected chi connectivity index (χ0v) is 12.3. The molecular formula is C14H20ClFN2O2. The summed E-state index contributed by atoms with van der Waals surface area (Å²) >= 11 is 0. The number of nitrogens with two attached hydrogens (primary N) is 1. The molecule has 1 amide bonds. The number of halogens is 2. The number of carbonyl (C=O) groups excluding carboxylic acids is 1. The average molecular weight is 303 g/mol. The van der Waals surface area contributed by atoms with Gasteiger partial charge in [-0.25, -0.2) is 4.39 Å². The highest BCUT2D eigenvalue weighted by atomic mass is 35.5. The second-order valence-electron chi connectivity index (χ2n) is 5.07. The number of ether oxygens (including phenoxy) is 1. The molecule has 0 spiro atoms. The Balaban J connectivity index is 0.00000200. The van der Waals surface area contributed by atoms with Gasteiger partial charge in [0.25, 0.3) is 0 Å². The number of nitrogens with one attached hydrogen (secondary N) is 1. The largest absolute Gasteiger partial charge is 0.381 e. The lowest BCUT2D eigenvalue weighted by Gasteiger charge is -2.34. The van der Waals surface area contributed by atoms with Gasteiger partial charge in [0.2, 0.25) is 5.91 Å². The molecule has 0 saturated carbocycles. The van der Waals surface area contributed by atoms with Crippen LogP contribution in [0.25, 0.3) is 0 Å². The van der Waals surface area contributed by atoms with Crippen LogP contribution in [0.2, 0.25) is 0 Å². The molecule has 1 saturated heterocycles. The van der Waals surface area contributed by atoms with Crippen LogP contribution in [0.4, 0.5) is 10.1 Å². The molecule has 6 heteroatoms. The van der Waals surface area contributed by atoms with Gasteiger partial charge < -0.3 is 15.8 Å². The molecule has 0 radical (unpaired) electrons. The van der Waals surface area contributed by atoms with Crippen LogP contribution in [-0.2, 0) is 9.53 Å². The topological polar surface area (TPSA) is 64.4 Å². The van der Waals surface area contributed by atoms with Gasteiger partial charge in [-0.1, -0.05) is 0 Å². The van der Waals surface area contributed by atoms with Crippen molar-refractivity contribution in [2.75, 3.05) is 25.1 Å². The SMILES string of the molecule is Cc1cc(F)cc(NC(=O)C2(CN)CCOCC2)c1.Cl. The van der Waals surface area contributed by atoms with Gasteiger partial charge >= 0.3 is 0 Å². The van der Waals surface area contributed by atoms with E-state index in [-0.39, 0.29) is 30.7 Å². The molecule has 3 N–H and O–H groups in total. The summed E-state index contributed by atoms with van der Waals surface area (Å²) in [4.78, 5) is 12.4. The minimum atomic E-state index is -0.599. The van der Waals surface area contributed by atoms with Crippen molar-refractivity contribution in [2.45, 2.75) is 19.8 Å². The monoisotopic (exact) mass is 302 g/mol. The Kier molecular flexibility index (Phi) is 5.92. The highest BCUT2D eigenvalue weighted by Crippen LogP contribution is 2.31. The third kappa shape index (κ3) is 3.69. The number of hydrogen-bond donors (Lipinski definition) is 2. The summed E-state index contributed by atoms with van der Waals surface area (Å²) in [5.41, 5.74) is 6.40. The molecule has 2 rings (SSSR count). The lowest BCUT2D eigenvalue weighted by molar-refractivity contribution is -0.130. The van der Waals surface area contributed by atoms with Gasteiger partial charge in [-0.2, -0.15) is 0 Å². The van der Waals surface area contributed by atoms with E-state index in [1.54, 1.807) is 13.0 Å². The van der Waals surface area contributed by atoms with Crippen LogP contribution in [0.15, 0.2) is 18.2 Å². The number of benzene rings is 1. The zero-order chi connectivity index (χ0) is 13.9. The van der Waals surface area contributed by atoms with Crippen LogP contribution in [0.1, 0.15) is 18.4 Å². The molecule has 1 aliphatic rings. The summed E-state index contributed by atoms with van der Waals surface area (Å²) in [6.07, 6.45) is 1.20. The standard InChI is InChI=1S/C14H19FN2O2.ClH/c1-10-6-11(15)8-12(7-10)17-13(18)14(9-16)2-4-19-5-3-14;/h6-8H,2-5,9,16H2,1H3,(H,17,18);1H. The van der Waals surface area contributed by atoms with E-state index >= 15 is 0 Å². The third-order valence-electron chi connectivity index (χ3n) is 3.62. The molecule has 0 aliphatic carbocycles. The maximum atomic E-state index is 13.3. The van der Waals surface area contributed by atoms with Crippen molar-refractivity contribution in [2.24, 2.45) is 11.1 Å². The van der Waals surface area contributed by atoms with Crippen LogP contribution in [0.3, 0.4) is 0 Å². The van der Waals surface area contributed by atoms with Gasteiger partial charge in [0.05, 0.1) is 5.41 Å². The van der Waals surface area contributed by atoms with E-state index in [0.29, 0.717) is 31.7 Å². The number of anilines is 1.